The zero-order valence-corrected chi connectivity index (χ0v) is 11.7. The molecule has 0 saturated carbocycles. The molecule has 0 bridgehead atoms. The van der Waals surface area contributed by atoms with E-state index in [0.29, 0.717) is 18.5 Å². The number of rotatable bonds is 3. The van der Waals surface area contributed by atoms with E-state index in [1.165, 1.54) is 5.56 Å². The molecule has 2 aliphatic rings. The lowest BCUT2D eigenvalue weighted by atomic mass is 9.96. The smallest absolute Gasteiger partial charge is 0.332 e. The van der Waals surface area contributed by atoms with Gasteiger partial charge in [-0.15, -0.1) is 0 Å². The van der Waals surface area contributed by atoms with Gasteiger partial charge in [-0.1, -0.05) is 0 Å². The van der Waals surface area contributed by atoms with Crippen LogP contribution in [-0.2, 0) is 27.2 Å². The zero-order valence-electron chi connectivity index (χ0n) is 11.7. The first-order valence-electron chi connectivity index (χ1n) is 7.30. The lowest BCUT2D eigenvalue weighted by molar-refractivity contribution is -0.150. The summed E-state index contributed by atoms with van der Waals surface area (Å²) >= 11 is 0. The molecule has 1 aromatic rings. The van der Waals surface area contributed by atoms with Crippen LogP contribution < -0.4 is 5.32 Å². The number of hydrogen-bond acceptors (Lipinski definition) is 4. The monoisotopic (exact) mass is 290 g/mol. The Morgan fingerprint density at radius 3 is 2.76 bits per heavy atom. The van der Waals surface area contributed by atoms with Gasteiger partial charge in [-0.25, -0.2) is 4.79 Å². The maximum absolute atomic E-state index is 12.1. The van der Waals surface area contributed by atoms with Crippen LogP contribution in [-0.4, -0.2) is 34.2 Å². The molecule has 6 nitrogen and oxygen atoms in total. The van der Waals surface area contributed by atoms with Gasteiger partial charge in [0.25, 0.3) is 5.91 Å². The molecule has 1 fully saturated rings. The first kappa shape index (κ1) is 14.0. The Hall–Kier alpha value is -1.95. The van der Waals surface area contributed by atoms with Gasteiger partial charge in [-0.3, -0.25) is 9.78 Å². The molecule has 2 N–H and O–H groups in total. The molecule has 0 unspecified atom stereocenters. The average Bonchev–Trinajstić information content (AvgIpc) is 2.97. The maximum atomic E-state index is 12.1. The number of carboxylic acid groups (broad SMARTS) is 1. The summed E-state index contributed by atoms with van der Waals surface area (Å²) in [5.41, 5.74) is 2.96. The molecule has 112 valence electrons. The second-order valence-corrected chi connectivity index (χ2v) is 5.56. The van der Waals surface area contributed by atoms with Gasteiger partial charge in [0.2, 0.25) is 0 Å². The third kappa shape index (κ3) is 3.05. The second kappa shape index (κ2) is 5.81. The molecule has 21 heavy (non-hydrogen) atoms. The lowest BCUT2D eigenvalue weighted by Gasteiger charge is -2.16. The van der Waals surface area contributed by atoms with E-state index in [-0.39, 0.29) is 5.91 Å². The van der Waals surface area contributed by atoms with Gasteiger partial charge in [0.1, 0.15) is 6.10 Å². The summed E-state index contributed by atoms with van der Waals surface area (Å²) in [4.78, 5) is 27.3. The first-order chi connectivity index (χ1) is 10.1. The number of aryl methyl sites for hydroxylation is 2. The Morgan fingerprint density at radius 2 is 2.00 bits per heavy atom. The molecule has 6 heteroatoms. The third-order valence-corrected chi connectivity index (χ3v) is 4.02. The van der Waals surface area contributed by atoms with Crippen molar-refractivity contribution in [1.29, 1.82) is 0 Å². The fraction of sp³-hybridized carbons (Fsp3) is 0.533. The van der Waals surface area contributed by atoms with Crippen molar-refractivity contribution in [2.45, 2.75) is 50.7 Å². The molecule has 1 amide bonds. The van der Waals surface area contributed by atoms with Gasteiger partial charge in [0, 0.05) is 5.69 Å². The molecule has 0 spiro atoms. The summed E-state index contributed by atoms with van der Waals surface area (Å²) in [7, 11) is 0. The molecule has 2 atom stereocenters. The van der Waals surface area contributed by atoms with Crippen LogP contribution in [0.4, 0.5) is 5.69 Å². The molecular weight excluding hydrogens is 272 g/mol. The largest absolute Gasteiger partial charge is 0.479 e. The number of nitrogens with one attached hydrogen (secondary N) is 1. The van der Waals surface area contributed by atoms with Crippen molar-refractivity contribution in [2.75, 3.05) is 5.32 Å². The number of nitrogens with zero attached hydrogens (tertiary/aromatic N) is 1. The molecule has 3 rings (SSSR count). The maximum Gasteiger partial charge on any atom is 0.332 e. The van der Waals surface area contributed by atoms with E-state index < -0.39 is 18.2 Å². The molecule has 0 aromatic carbocycles. The predicted molar refractivity (Wildman–Crippen MR) is 75.0 cm³/mol. The average molecular weight is 290 g/mol. The quantitative estimate of drug-likeness (QED) is 0.881. The highest BCUT2D eigenvalue weighted by Gasteiger charge is 2.34. The first-order valence-corrected chi connectivity index (χ1v) is 7.30. The summed E-state index contributed by atoms with van der Waals surface area (Å²) < 4.78 is 5.24. The van der Waals surface area contributed by atoms with Gasteiger partial charge in [0.05, 0.1) is 11.9 Å². The highest BCUT2D eigenvalue weighted by atomic mass is 16.5. The van der Waals surface area contributed by atoms with Gasteiger partial charge in [-0.2, -0.15) is 0 Å². The standard InChI is InChI=1S/C15H18N2O4/c18-14(12-5-6-13(21-12)15(19)20)17-10-7-9-3-1-2-4-11(9)16-8-10/h7-8,12-13H,1-6H2,(H,17,18)(H,19,20)/t12-,13+/m0/s1. The van der Waals surface area contributed by atoms with Crippen molar-refractivity contribution < 1.29 is 19.4 Å². The van der Waals surface area contributed by atoms with Crippen molar-refractivity contribution in [3.05, 3.63) is 23.5 Å². The highest BCUT2D eigenvalue weighted by Crippen LogP contribution is 2.24. The minimum absolute atomic E-state index is 0.295. The van der Waals surface area contributed by atoms with Crippen LogP contribution in [0.2, 0.25) is 0 Å². The Balaban J connectivity index is 1.64. The fourth-order valence-corrected chi connectivity index (χ4v) is 2.89. The lowest BCUT2D eigenvalue weighted by Crippen LogP contribution is -2.30. The minimum Gasteiger partial charge on any atom is -0.479 e. The van der Waals surface area contributed by atoms with E-state index >= 15 is 0 Å². The summed E-state index contributed by atoms with van der Waals surface area (Å²) in [5.74, 6) is -1.31. The van der Waals surface area contributed by atoms with E-state index in [1.807, 2.05) is 6.07 Å². The van der Waals surface area contributed by atoms with Crippen LogP contribution in [0.25, 0.3) is 0 Å². The van der Waals surface area contributed by atoms with E-state index in [0.717, 1.165) is 31.4 Å². The Kier molecular flexibility index (Phi) is 3.88. The minimum atomic E-state index is -1.01. The molecule has 0 radical (unpaired) electrons. The highest BCUT2D eigenvalue weighted by molar-refractivity contribution is 5.94. The fourth-order valence-electron chi connectivity index (χ4n) is 2.89. The molecule has 2 heterocycles. The molecular formula is C15H18N2O4. The van der Waals surface area contributed by atoms with Gasteiger partial charge < -0.3 is 15.2 Å². The number of carbonyl (C=O) groups is 2. The predicted octanol–water partition coefficient (Wildman–Crippen LogP) is 1.53. The topological polar surface area (TPSA) is 88.5 Å². The number of carboxylic acids is 1. The Labute approximate surface area is 122 Å². The van der Waals surface area contributed by atoms with Gasteiger partial charge >= 0.3 is 5.97 Å². The third-order valence-electron chi connectivity index (χ3n) is 4.02. The number of amides is 1. The molecule has 1 aromatic heterocycles. The number of pyridine rings is 1. The second-order valence-electron chi connectivity index (χ2n) is 5.56. The van der Waals surface area contributed by atoms with E-state index in [2.05, 4.69) is 10.3 Å². The number of fused-ring (bicyclic) bond motifs is 1. The van der Waals surface area contributed by atoms with Crippen molar-refractivity contribution in [2.24, 2.45) is 0 Å². The van der Waals surface area contributed by atoms with Crippen molar-refractivity contribution >= 4 is 17.6 Å². The number of carbonyl (C=O) groups excluding carboxylic acids is 1. The Bertz CT molecular complexity index is 573. The van der Waals surface area contributed by atoms with E-state index in [1.54, 1.807) is 6.20 Å². The van der Waals surface area contributed by atoms with E-state index in [4.69, 9.17) is 9.84 Å². The van der Waals surface area contributed by atoms with Crippen LogP contribution in [0.1, 0.15) is 36.9 Å². The summed E-state index contributed by atoms with van der Waals surface area (Å²) in [5, 5.41) is 11.6. The van der Waals surface area contributed by atoms with E-state index in [9.17, 15) is 9.59 Å². The number of ether oxygens (including phenoxy) is 1. The van der Waals surface area contributed by atoms with Crippen molar-refractivity contribution in [3.63, 3.8) is 0 Å². The van der Waals surface area contributed by atoms with Crippen LogP contribution in [0.15, 0.2) is 12.3 Å². The molecule has 1 aliphatic heterocycles. The molecule has 1 aliphatic carbocycles. The normalized spacial score (nSPS) is 24.4. The summed E-state index contributed by atoms with van der Waals surface area (Å²) in [6, 6.07) is 1.96. The molecule has 1 saturated heterocycles. The van der Waals surface area contributed by atoms with Crippen LogP contribution in [0, 0.1) is 0 Å². The number of anilines is 1. The van der Waals surface area contributed by atoms with Crippen LogP contribution in [0.5, 0.6) is 0 Å². The Morgan fingerprint density at radius 1 is 1.24 bits per heavy atom. The van der Waals surface area contributed by atoms with Crippen LogP contribution in [0.3, 0.4) is 0 Å². The number of hydrogen-bond donors (Lipinski definition) is 2. The number of aromatic nitrogens is 1. The number of aliphatic carboxylic acids is 1. The SMILES string of the molecule is O=C(Nc1cnc2c(c1)CCCC2)[C@@H]1CC[C@H](C(=O)O)O1. The zero-order chi connectivity index (χ0) is 14.8. The van der Waals surface area contributed by atoms with Gasteiger partial charge in [0.15, 0.2) is 6.10 Å². The summed E-state index contributed by atoms with van der Waals surface area (Å²) in [6.07, 6.45) is 5.20. The van der Waals surface area contributed by atoms with Crippen molar-refractivity contribution in [3.8, 4) is 0 Å². The summed E-state index contributed by atoms with van der Waals surface area (Å²) in [6.45, 7) is 0. The van der Waals surface area contributed by atoms with Crippen molar-refractivity contribution in [1.82, 2.24) is 4.98 Å². The van der Waals surface area contributed by atoms with Gasteiger partial charge in [-0.05, 0) is 50.2 Å². The van der Waals surface area contributed by atoms with Crippen LogP contribution >= 0.6 is 0 Å².